The van der Waals surface area contributed by atoms with E-state index in [0.717, 1.165) is 10.9 Å². The first-order valence-corrected chi connectivity index (χ1v) is 10.9. The minimum absolute atomic E-state index is 0.299. The van der Waals surface area contributed by atoms with Gasteiger partial charge in [0.05, 0.1) is 24.2 Å². The average molecular weight is 467 g/mol. The zero-order chi connectivity index (χ0) is 24.4. The Kier molecular flexibility index (Phi) is 5.85. The van der Waals surface area contributed by atoms with Crippen LogP contribution in [0, 0.1) is 0 Å². The van der Waals surface area contributed by atoms with E-state index >= 15 is 0 Å². The Bertz CT molecular complexity index is 1580. The number of rotatable bonds is 6. The molecule has 5 rings (SSSR count). The van der Waals surface area contributed by atoms with Gasteiger partial charge in [0.25, 0.3) is 5.56 Å². The van der Waals surface area contributed by atoms with E-state index < -0.39 is 12.1 Å². The number of benzene rings is 3. The van der Waals surface area contributed by atoms with Crippen LogP contribution < -0.4 is 10.3 Å². The van der Waals surface area contributed by atoms with Gasteiger partial charge >= 0.3 is 5.97 Å². The molecule has 0 spiro atoms. The van der Waals surface area contributed by atoms with Crippen molar-refractivity contribution in [2.75, 3.05) is 7.11 Å². The number of fused-ring (bicyclic) bond motifs is 2. The van der Waals surface area contributed by atoms with Crippen LogP contribution in [0.3, 0.4) is 0 Å². The van der Waals surface area contributed by atoms with Gasteiger partial charge in [-0.1, -0.05) is 30.3 Å². The summed E-state index contributed by atoms with van der Waals surface area (Å²) in [7, 11) is 1.31. The van der Waals surface area contributed by atoms with Gasteiger partial charge in [-0.3, -0.25) is 4.79 Å². The molecule has 8 heteroatoms. The van der Waals surface area contributed by atoms with Crippen molar-refractivity contribution < 1.29 is 18.7 Å². The van der Waals surface area contributed by atoms with Gasteiger partial charge in [0, 0.05) is 5.39 Å². The molecule has 0 unspecified atom stereocenters. The van der Waals surface area contributed by atoms with Crippen molar-refractivity contribution in [1.29, 1.82) is 0 Å². The summed E-state index contributed by atoms with van der Waals surface area (Å²) >= 11 is 0. The molecule has 1 atom stereocenters. The van der Waals surface area contributed by atoms with Gasteiger partial charge in [-0.15, -0.1) is 0 Å². The molecule has 0 saturated carbocycles. The number of carbonyl (C=O) groups excluding carboxylic acids is 1. The van der Waals surface area contributed by atoms with Crippen LogP contribution in [0.1, 0.15) is 12.5 Å². The number of aromatic nitrogens is 2. The standard InChI is InChI=1S/C27H21N3O5/c1-17(27(32)33-2)34-20-13-11-18(12-14-20)16-28-30-25(24-15-19-7-3-6-10-23(19)35-24)29-22-9-5-4-8-21(22)26(30)31/h3-17H,1-2H3/t17-/m0/s1. The lowest BCUT2D eigenvalue weighted by atomic mass is 10.2. The third-order valence-electron chi connectivity index (χ3n) is 5.45. The minimum atomic E-state index is -0.729. The Balaban J connectivity index is 1.53. The highest BCUT2D eigenvalue weighted by molar-refractivity contribution is 5.84. The number of furan rings is 1. The molecule has 0 aliphatic carbocycles. The zero-order valence-electron chi connectivity index (χ0n) is 19.0. The highest BCUT2D eigenvalue weighted by atomic mass is 16.6. The van der Waals surface area contributed by atoms with Gasteiger partial charge < -0.3 is 13.9 Å². The lowest BCUT2D eigenvalue weighted by Gasteiger charge is -2.12. The molecule has 35 heavy (non-hydrogen) atoms. The van der Waals surface area contributed by atoms with Crippen LogP contribution in [0.25, 0.3) is 33.5 Å². The summed E-state index contributed by atoms with van der Waals surface area (Å²) < 4.78 is 17.5. The van der Waals surface area contributed by atoms with Gasteiger partial charge in [-0.05, 0) is 61.0 Å². The number of para-hydroxylation sites is 2. The molecule has 2 aromatic heterocycles. The molecule has 2 heterocycles. The van der Waals surface area contributed by atoms with Crippen LogP contribution >= 0.6 is 0 Å². The summed E-state index contributed by atoms with van der Waals surface area (Å²) in [6.07, 6.45) is 0.825. The molecule has 0 amide bonds. The van der Waals surface area contributed by atoms with Gasteiger partial charge in [0.2, 0.25) is 5.82 Å². The monoisotopic (exact) mass is 467 g/mol. The molecule has 0 fully saturated rings. The van der Waals surface area contributed by atoms with Crippen molar-refractivity contribution in [3.8, 4) is 17.3 Å². The Labute approximate surface area is 200 Å². The van der Waals surface area contributed by atoms with E-state index in [9.17, 15) is 9.59 Å². The van der Waals surface area contributed by atoms with Crippen LogP contribution in [0.5, 0.6) is 5.75 Å². The summed E-state index contributed by atoms with van der Waals surface area (Å²) in [6, 6.07) is 23.5. The second-order valence-electron chi connectivity index (χ2n) is 7.81. The van der Waals surface area contributed by atoms with Crippen molar-refractivity contribution in [2.45, 2.75) is 13.0 Å². The highest BCUT2D eigenvalue weighted by Crippen LogP contribution is 2.27. The van der Waals surface area contributed by atoms with Crippen LogP contribution in [-0.2, 0) is 9.53 Å². The number of hydrogen-bond acceptors (Lipinski definition) is 7. The highest BCUT2D eigenvalue weighted by Gasteiger charge is 2.17. The van der Waals surface area contributed by atoms with Crippen molar-refractivity contribution in [3.05, 3.63) is 94.8 Å². The van der Waals surface area contributed by atoms with E-state index in [4.69, 9.17) is 9.15 Å². The lowest BCUT2D eigenvalue weighted by Crippen LogP contribution is -2.24. The summed E-state index contributed by atoms with van der Waals surface area (Å²) in [6.45, 7) is 1.61. The van der Waals surface area contributed by atoms with Crippen LogP contribution in [0.15, 0.2) is 93.2 Å². The molecule has 8 nitrogen and oxygen atoms in total. The van der Waals surface area contributed by atoms with E-state index in [1.165, 1.54) is 11.8 Å². The maximum absolute atomic E-state index is 13.3. The largest absolute Gasteiger partial charge is 0.479 e. The molecule has 0 bridgehead atoms. The maximum atomic E-state index is 13.3. The minimum Gasteiger partial charge on any atom is -0.479 e. The predicted octanol–water partition coefficient (Wildman–Crippen LogP) is 4.63. The third kappa shape index (κ3) is 4.41. The Morgan fingerprint density at radius 3 is 2.57 bits per heavy atom. The number of ether oxygens (including phenoxy) is 2. The Morgan fingerprint density at radius 1 is 1.06 bits per heavy atom. The van der Waals surface area contributed by atoms with Crippen LogP contribution in [0.4, 0.5) is 0 Å². The Hall–Kier alpha value is -4.72. The van der Waals surface area contributed by atoms with Crippen molar-refractivity contribution in [1.82, 2.24) is 9.66 Å². The van der Waals surface area contributed by atoms with E-state index in [1.807, 2.05) is 36.4 Å². The normalized spacial score (nSPS) is 12.3. The lowest BCUT2D eigenvalue weighted by molar-refractivity contribution is -0.147. The van der Waals surface area contributed by atoms with Crippen molar-refractivity contribution >= 4 is 34.1 Å². The van der Waals surface area contributed by atoms with E-state index in [-0.39, 0.29) is 5.56 Å². The second-order valence-corrected chi connectivity index (χ2v) is 7.81. The molecule has 5 aromatic rings. The smallest absolute Gasteiger partial charge is 0.346 e. The van der Waals surface area contributed by atoms with Crippen molar-refractivity contribution in [2.24, 2.45) is 5.10 Å². The molecule has 3 aromatic carbocycles. The summed E-state index contributed by atoms with van der Waals surface area (Å²) in [4.78, 5) is 29.6. The number of nitrogens with zero attached hydrogens (tertiary/aromatic N) is 3. The first-order valence-electron chi connectivity index (χ1n) is 10.9. The number of carbonyl (C=O) groups is 1. The molecule has 0 aliphatic heterocycles. The van der Waals surface area contributed by atoms with Crippen molar-refractivity contribution in [3.63, 3.8) is 0 Å². The second kappa shape index (κ2) is 9.26. The maximum Gasteiger partial charge on any atom is 0.346 e. The molecule has 0 saturated heterocycles. The van der Waals surface area contributed by atoms with Crippen LogP contribution in [-0.4, -0.2) is 35.1 Å². The topological polar surface area (TPSA) is 95.9 Å². The fraction of sp³-hybridized carbons (Fsp3) is 0.111. The summed E-state index contributed by atoms with van der Waals surface area (Å²) in [5.41, 5.74) is 1.66. The zero-order valence-corrected chi connectivity index (χ0v) is 19.0. The third-order valence-corrected chi connectivity index (χ3v) is 5.45. The first-order chi connectivity index (χ1) is 17.0. The number of methoxy groups -OCH3 is 1. The molecular weight excluding hydrogens is 446 g/mol. The molecular formula is C27H21N3O5. The van der Waals surface area contributed by atoms with Gasteiger partial charge in [-0.2, -0.15) is 9.78 Å². The van der Waals surface area contributed by atoms with E-state index in [2.05, 4.69) is 14.8 Å². The SMILES string of the molecule is COC(=O)[C@H](C)Oc1ccc(C=Nn2c(-c3cc4ccccc4o3)nc3ccccc3c2=O)cc1. The molecule has 0 N–H and O–H groups in total. The predicted molar refractivity (Wildman–Crippen MR) is 133 cm³/mol. The number of hydrogen-bond donors (Lipinski definition) is 0. The van der Waals surface area contributed by atoms with E-state index in [0.29, 0.717) is 33.8 Å². The quantitative estimate of drug-likeness (QED) is 0.267. The first kappa shape index (κ1) is 22.1. The van der Waals surface area contributed by atoms with E-state index in [1.54, 1.807) is 55.6 Å². The fourth-order valence-electron chi connectivity index (χ4n) is 3.66. The van der Waals surface area contributed by atoms with Gasteiger partial charge in [-0.25, -0.2) is 9.78 Å². The van der Waals surface area contributed by atoms with Gasteiger partial charge in [0.1, 0.15) is 11.3 Å². The fourth-order valence-corrected chi connectivity index (χ4v) is 3.66. The molecule has 174 valence electrons. The summed E-state index contributed by atoms with van der Waals surface area (Å²) in [5.74, 6) is 0.782. The summed E-state index contributed by atoms with van der Waals surface area (Å²) in [5, 5.41) is 5.80. The molecule has 0 radical (unpaired) electrons. The molecule has 0 aliphatic rings. The van der Waals surface area contributed by atoms with Gasteiger partial charge in [0.15, 0.2) is 11.9 Å². The Morgan fingerprint density at radius 2 is 1.80 bits per heavy atom. The van der Waals surface area contributed by atoms with Crippen LogP contribution in [0.2, 0.25) is 0 Å². The average Bonchev–Trinajstić information content (AvgIpc) is 3.32. The number of esters is 1.